The first kappa shape index (κ1) is 15.3. The van der Waals surface area contributed by atoms with E-state index >= 15 is 0 Å². The normalized spacial score (nSPS) is 10.9. The monoisotopic (exact) mass is 309 g/mol. The summed E-state index contributed by atoms with van der Waals surface area (Å²) in [4.78, 5) is 12.5. The molecule has 2 aromatic carbocycles. The van der Waals surface area contributed by atoms with Crippen molar-refractivity contribution in [3.8, 4) is 0 Å². The Kier molecular flexibility index (Phi) is 4.44. The molecular formula is C19H19NO3. The number of ether oxygens (including phenoxy) is 1. The van der Waals surface area contributed by atoms with Crippen molar-refractivity contribution in [3.05, 3.63) is 71.0 Å². The summed E-state index contributed by atoms with van der Waals surface area (Å²) in [5.74, 6) is 0.0917. The number of carbonyl (C=O) groups excluding carboxylic acids is 1. The van der Waals surface area contributed by atoms with Crippen molar-refractivity contribution >= 4 is 16.9 Å². The highest BCUT2D eigenvalue weighted by Crippen LogP contribution is 2.26. The van der Waals surface area contributed by atoms with Crippen LogP contribution in [0.5, 0.6) is 0 Å². The second kappa shape index (κ2) is 6.67. The van der Waals surface area contributed by atoms with Gasteiger partial charge in [-0.2, -0.15) is 0 Å². The molecule has 0 aliphatic heterocycles. The number of para-hydroxylation sites is 1. The van der Waals surface area contributed by atoms with E-state index in [2.05, 4.69) is 5.32 Å². The van der Waals surface area contributed by atoms with Crippen molar-refractivity contribution in [1.82, 2.24) is 5.32 Å². The van der Waals surface area contributed by atoms with Gasteiger partial charge in [-0.3, -0.25) is 4.79 Å². The molecule has 1 amide bonds. The molecule has 0 spiro atoms. The molecule has 1 aromatic heterocycles. The minimum Gasteiger partial charge on any atom is -0.451 e. The Balaban J connectivity index is 1.82. The van der Waals surface area contributed by atoms with Crippen molar-refractivity contribution in [1.29, 1.82) is 0 Å². The van der Waals surface area contributed by atoms with Crippen LogP contribution in [0, 0.1) is 6.92 Å². The number of hydrogen-bond donors (Lipinski definition) is 1. The summed E-state index contributed by atoms with van der Waals surface area (Å²) in [5.41, 5.74) is 3.72. The Morgan fingerprint density at radius 1 is 1.13 bits per heavy atom. The molecule has 3 aromatic rings. The maximum Gasteiger partial charge on any atom is 0.287 e. The van der Waals surface area contributed by atoms with Crippen molar-refractivity contribution in [2.45, 2.75) is 20.1 Å². The maximum atomic E-state index is 12.5. The molecule has 118 valence electrons. The number of benzene rings is 2. The number of methoxy groups -OCH3 is 1. The summed E-state index contributed by atoms with van der Waals surface area (Å²) in [6, 6.07) is 15.7. The van der Waals surface area contributed by atoms with E-state index in [0.29, 0.717) is 24.5 Å². The minimum absolute atomic E-state index is 0.228. The van der Waals surface area contributed by atoms with Gasteiger partial charge in [-0.25, -0.2) is 0 Å². The number of furan rings is 1. The summed E-state index contributed by atoms with van der Waals surface area (Å²) < 4.78 is 11.0. The number of rotatable bonds is 5. The van der Waals surface area contributed by atoms with Crippen molar-refractivity contribution in [3.63, 3.8) is 0 Å². The third-order valence-electron chi connectivity index (χ3n) is 3.77. The Labute approximate surface area is 135 Å². The van der Waals surface area contributed by atoms with Gasteiger partial charge in [-0.1, -0.05) is 48.0 Å². The van der Waals surface area contributed by atoms with Crippen LogP contribution in [0.2, 0.25) is 0 Å². The molecule has 4 heteroatoms. The van der Waals surface area contributed by atoms with Gasteiger partial charge in [-0.15, -0.1) is 0 Å². The van der Waals surface area contributed by atoms with Crippen molar-refractivity contribution in [2.24, 2.45) is 0 Å². The van der Waals surface area contributed by atoms with Crippen LogP contribution in [-0.2, 0) is 17.9 Å². The van der Waals surface area contributed by atoms with E-state index in [9.17, 15) is 4.79 Å². The highest BCUT2D eigenvalue weighted by Gasteiger charge is 2.19. The van der Waals surface area contributed by atoms with E-state index in [4.69, 9.17) is 9.15 Å². The smallest absolute Gasteiger partial charge is 0.287 e. The average Bonchev–Trinajstić information content (AvgIpc) is 2.93. The largest absolute Gasteiger partial charge is 0.451 e. The van der Waals surface area contributed by atoms with E-state index in [-0.39, 0.29) is 5.91 Å². The van der Waals surface area contributed by atoms with Crippen LogP contribution < -0.4 is 5.32 Å². The predicted octanol–water partition coefficient (Wildman–Crippen LogP) is 3.82. The van der Waals surface area contributed by atoms with E-state index < -0.39 is 0 Å². The van der Waals surface area contributed by atoms with E-state index in [0.717, 1.165) is 16.5 Å². The van der Waals surface area contributed by atoms with Gasteiger partial charge in [0.1, 0.15) is 5.58 Å². The Hall–Kier alpha value is -2.59. The van der Waals surface area contributed by atoms with E-state index in [1.165, 1.54) is 5.56 Å². The number of fused-ring (bicyclic) bond motifs is 1. The topological polar surface area (TPSA) is 51.5 Å². The van der Waals surface area contributed by atoms with Crippen LogP contribution >= 0.6 is 0 Å². The van der Waals surface area contributed by atoms with Crippen LogP contribution in [0.25, 0.3) is 11.0 Å². The van der Waals surface area contributed by atoms with Crippen LogP contribution in [0.15, 0.2) is 52.9 Å². The molecule has 0 saturated carbocycles. The van der Waals surface area contributed by atoms with Gasteiger partial charge in [-0.05, 0) is 18.6 Å². The standard InChI is InChI=1S/C19H19NO3/c1-13-7-9-14(10-8-13)11-20-19(21)18-16(12-22-2)15-5-3-4-6-17(15)23-18/h3-10H,11-12H2,1-2H3,(H,20,21). The zero-order valence-electron chi connectivity index (χ0n) is 13.3. The first-order valence-corrected chi connectivity index (χ1v) is 7.52. The second-order valence-corrected chi connectivity index (χ2v) is 5.51. The summed E-state index contributed by atoms with van der Waals surface area (Å²) >= 11 is 0. The van der Waals surface area contributed by atoms with Gasteiger partial charge >= 0.3 is 0 Å². The third-order valence-corrected chi connectivity index (χ3v) is 3.77. The maximum absolute atomic E-state index is 12.5. The molecule has 0 saturated heterocycles. The van der Waals surface area contributed by atoms with Crippen molar-refractivity contribution in [2.75, 3.05) is 7.11 Å². The van der Waals surface area contributed by atoms with E-state index in [1.54, 1.807) is 7.11 Å². The molecule has 0 radical (unpaired) electrons. The van der Waals surface area contributed by atoms with Crippen LogP contribution in [-0.4, -0.2) is 13.0 Å². The number of amides is 1. The molecule has 0 aliphatic rings. The van der Waals surface area contributed by atoms with Crippen LogP contribution in [0.1, 0.15) is 27.2 Å². The predicted molar refractivity (Wildman–Crippen MR) is 89.3 cm³/mol. The molecule has 0 fully saturated rings. The zero-order chi connectivity index (χ0) is 16.2. The number of carbonyl (C=O) groups is 1. The van der Waals surface area contributed by atoms with Crippen molar-refractivity contribution < 1.29 is 13.9 Å². The fraction of sp³-hybridized carbons (Fsp3) is 0.211. The first-order chi connectivity index (χ1) is 11.2. The van der Waals surface area contributed by atoms with Gasteiger partial charge in [0.15, 0.2) is 5.76 Å². The fourth-order valence-corrected chi connectivity index (χ4v) is 2.54. The third kappa shape index (κ3) is 3.27. The van der Waals surface area contributed by atoms with Gasteiger partial charge in [0.25, 0.3) is 5.91 Å². The molecule has 4 nitrogen and oxygen atoms in total. The average molecular weight is 309 g/mol. The molecular weight excluding hydrogens is 290 g/mol. The summed E-state index contributed by atoms with van der Waals surface area (Å²) in [6.45, 7) is 2.83. The number of hydrogen-bond acceptors (Lipinski definition) is 3. The van der Waals surface area contributed by atoms with Gasteiger partial charge in [0.05, 0.1) is 6.61 Å². The lowest BCUT2D eigenvalue weighted by molar-refractivity contribution is 0.0918. The highest BCUT2D eigenvalue weighted by molar-refractivity contribution is 5.99. The molecule has 0 aliphatic carbocycles. The SMILES string of the molecule is COCc1c(C(=O)NCc2ccc(C)cc2)oc2ccccc12. The molecule has 0 atom stereocenters. The minimum atomic E-state index is -0.228. The summed E-state index contributed by atoms with van der Waals surface area (Å²) in [5, 5.41) is 3.82. The van der Waals surface area contributed by atoms with Crippen LogP contribution in [0.4, 0.5) is 0 Å². The second-order valence-electron chi connectivity index (χ2n) is 5.51. The summed E-state index contributed by atoms with van der Waals surface area (Å²) in [6.07, 6.45) is 0. The lowest BCUT2D eigenvalue weighted by Gasteiger charge is -2.06. The molecule has 3 rings (SSSR count). The van der Waals surface area contributed by atoms with Crippen LogP contribution in [0.3, 0.4) is 0 Å². The molecule has 1 N–H and O–H groups in total. The Morgan fingerprint density at radius 2 is 1.87 bits per heavy atom. The zero-order valence-corrected chi connectivity index (χ0v) is 13.3. The lowest BCUT2D eigenvalue weighted by Crippen LogP contribution is -2.23. The van der Waals surface area contributed by atoms with E-state index in [1.807, 2.05) is 55.5 Å². The molecule has 1 heterocycles. The molecule has 0 bridgehead atoms. The quantitative estimate of drug-likeness (QED) is 0.779. The summed E-state index contributed by atoms with van der Waals surface area (Å²) in [7, 11) is 1.61. The molecule has 23 heavy (non-hydrogen) atoms. The highest BCUT2D eigenvalue weighted by atomic mass is 16.5. The molecule has 0 unspecified atom stereocenters. The van der Waals surface area contributed by atoms with Gasteiger partial charge < -0.3 is 14.5 Å². The fourth-order valence-electron chi connectivity index (χ4n) is 2.54. The Bertz CT molecular complexity index is 818. The number of aryl methyl sites for hydroxylation is 1. The van der Waals surface area contributed by atoms with Gasteiger partial charge in [0, 0.05) is 24.6 Å². The number of nitrogens with one attached hydrogen (secondary N) is 1. The first-order valence-electron chi connectivity index (χ1n) is 7.52. The Morgan fingerprint density at radius 3 is 2.61 bits per heavy atom. The lowest BCUT2D eigenvalue weighted by atomic mass is 10.1. The van der Waals surface area contributed by atoms with Gasteiger partial charge in [0.2, 0.25) is 0 Å².